The molecule has 84 valence electrons. The van der Waals surface area contributed by atoms with Crippen molar-refractivity contribution < 1.29 is 5.11 Å². The van der Waals surface area contributed by atoms with E-state index in [4.69, 9.17) is 11.6 Å². The number of rotatable bonds is 3. The highest BCUT2D eigenvalue weighted by molar-refractivity contribution is 7.99. The summed E-state index contributed by atoms with van der Waals surface area (Å²) in [6.07, 6.45) is 3.62. The van der Waals surface area contributed by atoms with Gasteiger partial charge in [-0.3, -0.25) is 0 Å². The van der Waals surface area contributed by atoms with Gasteiger partial charge in [0, 0.05) is 29.4 Å². The summed E-state index contributed by atoms with van der Waals surface area (Å²) in [6, 6.07) is 5.44. The lowest BCUT2D eigenvalue weighted by Gasteiger charge is -2.07. The molecular weight excluding hydrogens is 244 g/mol. The quantitative estimate of drug-likeness (QED) is 0.915. The number of halogens is 1. The summed E-state index contributed by atoms with van der Waals surface area (Å²) in [5, 5.41) is 10.8. The molecule has 0 aliphatic rings. The highest BCUT2D eigenvalue weighted by atomic mass is 35.5. The molecule has 1 N–H and O–H groups in total. The molecule has 0 aliphatic carbocycles. The van der Waals surface area contributed by atoms with Crippen LogP contribution in [0.2, 0.25) is 5.02 Å². The van der Waals surface area contributed by atoms with Crippen molar-refractivity contribution in [3.8, 4) is 0 Å². The van der Waals surface area contributed by atoms with E-state index in [1.807, 2.05) is 29.9 Å². The highest BCUT2D eigenvalue weighted by Crippen LogP contribution is 2.31. The second-order valence-corrected chi connectivity index (χ2v) is 4.78. The van der Waals surface area contributed by atoms with Crippen molar-refractivity contribution in [2.75, 3.05) is 0 Å². The molecule has 0 saturated heterocycles. The van der Waals surface area contributed by atoms with Crippen LogP contribution in [0.25, 0.3) is 0 Å². The number of hydrogen-bond acceptors (Lipinski definition) is 3. The predicted molar refractivity (Wildman–Crippen MR) is 64.7 cm³/mol. The molecule has 0 radical (unpaired) electrons. The monoisotopic (exact) mass is 254 g/mol. The summed E-state index contributed by atoms with van der Waals surface area (Å²) in [4.78, 5) is 5.15. The molecular formula is C11H11ClN2OS. The maximum absolute atomic E-state index is 9.22. The number of aliphatic hydroxyl groups is 1. The van der Waals surface area contributed by atoms with E-state index >= 15 is 0 Å². The Kier molecular flexibility index (Phi) is 3.53. The van der Waals surface area contributed by atoms with Gasteiger partial charge in [0.05, 0.1) is 6.61 Å². The fraction of sp³-hybridized carbons (Fsp3) is 0.182. The Labute approximate surface area is 103 Å². The van der Waals surface area contributed by atoms with Crippen molar-refractivity contribution in [2.45, 2.75) is 16.7 Å². The Morgan fingerprint density at radius 1 is 1.50 bits per heavy atom. The Hall–Kier alpha value is -0.970. The second-order valence-electron chi connectivity index (χ2n) is 3.33. The summed E-state index contributed by atoms with van der Waals surface area (Å²) < 4.78 is 1.92. The molecule has 0 unspecified atom stereocenters. The van der Waals surface area contributed by atoms with E-state index in [0.29, 0.717) is 5.02 Å². The van der Waals surface area contributed by atoms with Crippen molar-refractivity contribution in [2.24, 2.45) is 7.05 Å². The van der Waals surface area contributed by atoms with Crippen LogP contribution in [0.1, 0.15) is 5.56 Å². The van der Waals surface area contributed by atoms with Gasteiger partial charge in [0.25, 0.3) is 0 Å². The zero-order chi connectivity index (χ0) is 11.5. The van der Waals surface area contributed by atoms with E-state index in [2.05, 4.69) is 4.98 Å². The first-order valence-corrected chi connectivity index (χ1v) is 5.94. The van der Waals surface area contributed by atoms with Crippen LogP contribution in [-0.4, -0.2) is 14.7 Å². The smallest absolute Gasteiger partial charge is 0.172 e. The van der Waals surface area contributed by atoms with Gasteiger partial charge in [0.2, 0.25) is 0 Å². The number of aliphatic hydroxyl groups excluding tert-OH is 1. The molecule has 0 saturated carbocycles. The lowest BCUT2D eigenvalue weighted by Crippen LogP contribution is -1.92. The van der Waals surface area contributed by atoms with Crippen LogP contribution in [0.5, 0.6) is 0 Å². The van der Waals surface area contributed by atoms with E-state index in [-0.39, 0.29) is 6.61 Å². The highest BCUT2D eigenvalue weighted by Gasteiger charge is 2.07. The fourth-order valence-electron chi connectivity index (χ4n) is 1.30. The van der Waals surface area contributed by atoms with E-state index in [0.717, 1.165) is 15.6 Å². The lowest BCUT2D eigenvalue weighted by atomic mass is 10.2. The van der Waals surface area contributed by atoms with E-state index in [1.54, 1.807) is 12.3 Å². The minimum absolute atomic E-state index is 0.00389. The second kappa shape index (κ2) is 4.91. The number of benzene rings is 1. The normalized spacial score (nSPS) is 10.7. The Bertz CT molecular complexity index is 498. The predicted octanol–water partition coefficient (Wildman–Crippen LogP) is 2.72. The van der Waals surface area contributed by atoms with Gasteiger partial charge < -0.3 is 9.67 Å². The maximum Gasteiger partial charge on any atom is 0.172 e. The molecule has 0 atom stereocenters. The first-order valence-electron chi connectivity index (χ1n) is 4.75. The van der Waals surface area contributed by atoms with E-state index in [1.165, 1.54) is 11.8 Å². The van der Waals surface area contributed by atoms with Crippen LogP contribution >= 0.6 is 23.4 Å². The molecule has 0 aliphatic heterocycles. The summed E-state index contributed by atoms with van der Waals surface area (Å²) in [5.41, 5.74) is 0.859. The zero-order valence-corrected chi connectivity index (χ0v) is 10.3. The summed E-state index contributed by atoms with van der Waals surface area (Å²) in [5.74, 6) is 0. The first-order chi connectivity index (χ1) is 7.70. The molecule has 0 fully saturated rings. The molecule has 5 heteroatoms. The summed E-state index contributed by atoms with van der Waals surface area (Å²) in [6.45, 7) is 0.00389. The third-order valence-corrected chi connectivity index (χ3v) is 3.59. The molecule has 0 bridgehead atoms. The third-order valence-electron chi connectivity index (χ3n) is 2.18. The third kappa shape index (κ3) is 2.40. The average Bonchev–Trinajstić information content (AvgIpc) is 2.65. The maximum atomic E-state index is 9.22. The van der Waals surface area contributed by atoms with Crippen LogP contribution in [0.4, 0.5) is 0 Å². The molecule has 0 spiro atoms. The van der Waals surface area contributed by atoms with Crippen LogP contribution in [-0.2, 0) is 13.7 Å². The lowest BCUT2D eigenvalue weighted by molar-refractivity contribution is 0.279. The molecule has 3 nitrogen and oxygen atoms in total. The summed E-state index contributed by atoms with van der Waals surface area (Å²) in [7, 11) is 1.93. The number of hydrogen-bond donors (Lipinski definition) is 1. The van der Waals surface area contributed by atoms with Gasteiger partial charge in [0.15, 0.2) is 5.16 Å². The van der Waals surface area contributed by atoms with Crippen LogP contribution in [0.3, 0.4) is 0 Å². The van der Waals surface area contributed by atoms with Gasteiger partial charge in [-0.05, 0) is 17.7 Å². The Morgan fingerprint density at radius 3 is 2.94 bits per heavy atom. The van der Waals surface area contributed by atoms with E-state index in [9.17, 15) is 5.11 Å². The van der Waals surface area contributed by atoms with Gasteiger partial charge in [-0.15, -0.1) is 0 Å². The topological polar surface area (TPSA) is 38.0 Å². The SMILES string of the molecule is Cn1ccnc1Sc1cc(Cl)ccc1CO. The van der Waals surface area contributed by atoms with Crippen molar-refractivity contribution in [1.82, 2.24) is 9.55 Å². The Balaban J connectivity index is 2.33. The Morgan fingerprint density at radius 2 is 2.31 bits per heavy atom. The zero-order valence-electron chi connectivity index (χ0n) is 8.72. The molecule has 2 aromatic rings. The molecule has 2 rings (SSSR count). The number of aromatic nitrogens is 2. The van der Waals surface area contributed by atoms with Gasteiger partial charge in [0.1, 0.15) is 0 Å². The first kappa shape index (κ1) is 11.5. The minimum Gasteiger partial charge on any atom is -0.392 e. The van der Waals surface area contributed by atoms with E-state index < -0.39 is 0 Å². The van der Waals surface area contributed by atoms with Crippen LogP contribution < -0.4 is 0 Å². The van der Waals surface area contributed by atoms with Crippen molar-refractivity contribution in [3.05, 3.63) is 41.2 Å². The molecule has 16 heavy (non-hydrogen) atoms. The van der Waals surface area contributed by atoms with Crippen molar-refractivity contribution in [3.63, 3.8) is 0 Å². The minimum atomic E-state index is 0.00389. The fourth-order valence-corrected chi connectivity index (χ4v) is 2.50. The number of aryl methyl sites for hydroxylation is 1. The van der Waals surface area contributed by atoms with Crippen LogP contribution in [0.15, 0.2) is 40.6 Å². The van der Waals surface area contributed by atoms with Gasteiger partial charge >= 0.3 is 0 Å². The molecule has 1 heterocycles. The molecule has 1 aromatic carbocycles. The number of imidazole rings is 1. The average molecular weight is 255 g/mol. The van der Waals surface area contributed by atoms with Crippen molar-refractivity contribution >= 4 is 23.4 Å². The molecule has 0 amide bonds. The standard InChI is InChI=1S/C11H11ClN2OS/c1-14-5-4-13-11(14)16-10-6-9(12)3-2-8(10)7-15/h2-6,15H,7H2,1H3. The molecule has 1 aromatic heterocycles. The van der Waals surface area contributed by atoms with Gasteiger partial charge in [-0.1, -0.05) is 29.4 Å². The van der Waals surface area contributed by atoms with Crippen molar-refractivity contribution in [1.29, 1.82) is 0 Å². The summed E-state index contributed by atoms with van der Waals surface area (Å²) >= 11 is 7.43. The van der Waals surface area contributed by atoms with Gasteiger partial charge in [-0.2, -0.15) is 0 Å². The largest absolute Gasteiger partial charge is 0.392 e. The van der Waals surface area contributed by atoms with Gasteiger partial charge in [-0.25, -0.2) is 4.98 Å². The van der Waals surface area contributed by atoms with Crippen LogP contribution in [0, 0.1) is 0 Å². The number of nitrogens with zero attached hydrogens (tertiary/aromatic N) is 2.